The molecule has 2 nitrogen and oxygen atoms in total. The van der Waals surface area contributed by atoms with Gasteiger partial charge in [0, 0.05) is 10.6 Å². The summed E-state index contributed by atoms with van der Waals surface area (Å²) >= 11 is 5.97. The minimum Gasteiger partial charge on any atom is -0.496 e. The zero-order valence-corrected chi connectivity index (χ0v) is 12.4. The van der Waals surface area contributed by atoms with E-state index in [9.17, 15) is 5.11 Å². The average molecular weight is 271 g/mol. The van der Waals surface area contributed by atoms with Gasteiger partial charge in [-0.05, 0) is 42.9 Å². The third-order valence-electron chi connectivity index (χ3n) is 3.05. The van der Waals surface area contributed by atoms with Crippen LogP contribution in [0.15, 0.2) is 18.2 Å². The summed E-state index contributed by atoms with van der Waals surface area (Å²) in [7, 11) is 1.61. The summed E-state index contributed by atoms with van der Waals surface area (Å²) in [5.74, 6) is 1.82. The largest absolute Gasteiger partial charge is 0.496 e. The van der Waals surface area contributed by atoms with Crippen molar-refractivity contribution in [3.05, 3.63) is 28.8 Å². The Labute approximate surface area is 115 Å². The fourth-order valence-electron chi connectivity index (χ4n) is 2.37. The molecule has 0 aromatic heterocycles. The summed E-state index contributed by atoms with van der Waals surface area (Å²) in [6.07, 6.45) is 1.32. The Morgan fingerprint density at radius 2 is 1.89 bits per heavy atom. The molecule has 0 aliphatic heterocycles. The summed E-state index contributed by atoms with van der Waals surface area (Å²) in [5, 5.41) is 10.9. The lowest BCUT2D eigenvalue weighted by Crippen LogP contribution is -2.08. The first-order valence-corrected chi connectivity index (χ1v) is 6.83. The molecule has 0 aliphatic carbocycles. The number of aliphatic hydroxyl groups is 1. The molecule has 0 spiro atoms. The summed E-state index contributed by atoms with van der Waals surface area (Å²) in [4.78, 5) is 0. The van der Waals surface area contributed by atoms with Gasteiger partial charge in [0.05, 0.1) is 13.2 Å². The number of benzene rings is 1. The molecule has 0 saturated carbocycles. The molecular weight excluding hydrogens is 248 g/mol. The molecule has 0 heterocycles. The van der Waals surface area contributed by atoms with Crippen LogP contribution in [0.3, 0.4) is 0 Å². The van der Waals surface area contributed by atoms with Gasteiger partial charge in [-0.15, -0.1) is 0 Å². The van der Waals surface area contributed by atoms with Gasteiger partial charge in [-0.2, -0.15) is 0 Å². The van der Waals surface area contributed by atoms with Crippen LogP contribution in [0.2, 0.25) is 5.02 Å². The number of halogens is 1. The highest BCUT2D eigenvalue weighted by molar-refractivity contribution is 6.30. The average Bonchev–Trinajstić information content (AvgIpc) is 2.27. The van der Waals surface area contributed by atoms with Crippen molar-refractivity contribution in [1.29, 1.82) is 0 Å². The van der Waals surface area contributed by atoms with Gasteiger partial charge in [0.2, 0.25) is 0 Å². The minimum atomic E-state index is -0.521. The van der Waals surface area contributed by atoms with Crippen LogP contribution in [-0.2, 0) is 0 Å². The van der Waals surface area contributed by atoms with Crippen molar-refractivity contribution in [2.75, 3.05) is 7.11 Å². The molecule has 1 rings (SSSR count). The molecule has 3 heteroatoms. The maximum absolute atomic E-state index is 10.3. The third kappa shape index (κ3) is 4.51. The lowest BCUT2D eigenvalue weighted by molar-refractivity contribution is 0.138. The van der Waals surface area contributed by atoms with Gasteiger partial charge < -0.3 is 9.84 Å². The van der Waals surface area contributed by atoms with Crippen molar-refractivity contribution in [3.63, 3.8) is 0 Å². The van der Waals surface area contributed by atoms with E-state index in [-0.39, 0.29) is 0 Å². The van der Waals surface area contributed by atoms with E-state index >= 15 is 0 Å². The number of hydrogen-bond acceptors (Lipinski definition) is 2. The quantitative estimate of drug-likeness (QED) is 0.827. The number of rotatable bonds is 6. The number of hydrogen-bond donors (Lipinski definition) is 1. The lowest BCUT2D eigenvalue weighted by atomic mass is 9.91. The van der Waals surface area contributed by atoms with Gasteiger partial charge in [-0.3, -0.25) is 0 Å². The molecule has 1 N–H and O–H groups in total. The number of aliphatic hydroxyl groups excluding tert-OH is 1. The summed E-state index contributed by atoms with van der Waals surface area (Å²) in [5.41, 5.74) is 0.778. The Morgan fingerprint density at radius 3 is 2.44 bits per heavy atom. The molecule has 2 atom stereocenters. The Balaban J connectivity index is 2.76. The molecule has 102 valence electrons. The molecule has 0 bridgehead atoms. The number of ether oxygens (including phenoxy) is 1. The van der Waals surface area contributed by atoms with Gasteiger partial charge in [0.25, 0.3) is 0 Å². The monoisotopic (exact) mass is 270 g/mol. The van der Waals surface area contributed by atoms with E-state index in [0.29, 0.717) is 22.6 Å². The van der Waals surface area contributed by atoms with Gasteiger partial charge in [-0.1, -0.05) is 32.4 Å². The second-order valence-electron chi connectivity index (χ2n) is 5.37. The highest BCUT2D eigenvalue weighted by Crippen LogP contribution is 2.32. The summed E-state index contributed by atoms with van der Waals surface area (Å²) in [6, 6.07) is 5.36. The fraction of sp³-hybridized carbons (Fsp3) is 0.600. The van der Waals surface area contributed by atoms with E-state index in [1.165, 1.54) is 0 Å². The third-order valence-corrected chi connectivity index (χ3v) is 3.29. The standard InChI is InChI=1S/C15H23ClO2/c1-10(2)7-11(3)8-14(17)13-9-12(16)5-6-15(13)18-4/h5-6,9-11,14,17H,7-8H2,1-4H3. The molecule has 0 saturated heterocycles. The Hall–Kier alpha value is -0.730. The van der Waals surface area contributed by atoms with Gasteiger partial charge in [-0.25, -0.2) is 0 Å². The van der Waals surface area contributed by atoms with Crippen LogP contribution in [0.4, 0.5) is 0 Å². The Kier molecular flexibility index (Phi) is 5.97. The van der Waals surface area contributed by atoms with Crippen molar-refractivity contribution in [2.45, 2.75) is 39.7 Å². The maximum atomic E-state index is 10.3. The molecule has 18 heavy (non-hydrogen) atoms. The first-order chi connectivity index (χ1) is 8.43. The highest BCUT2D eigenvalue weighted by Gasteiger charge is 2.17. The fourth-order valence-corrected chi connectivity index (χ4v) is 2.56. The Bertz CT molecular complexity index is 377. The lowest BCUT2D eigenvalue weighted by Gasteiger charge is -2.20. The van der Waals surface area contributed by atoms with Crippen LogP contribution in [-0.4, -0.2) is 12.2 Å². The SMILES string of the molecule is COc1ccc(Cl)cc1C(O)CC(C)CC(C)C. The van der Waals surface area contributed by atoms with Gasteiger partial charge in [0.15, 0.2) is 0 Å². The van der Waals surface area contributed by atoms with E-state index < -0.39 is 6.10 Å². The van der Waals surface area contributed by atoms with Crippen molar-refractivity contribution in [1.82, 2.24) is 0 Å². The molecule has 0 fully saturated rings. The predicted octanol–water partition coefficient (Wildman–Crippen LogP) is 4.45. The van der Waals surface area contributed by atoms with Crippen molar-refractivity contribution in [3.8, 4) is 5.75 Å². The molecule has 0 amide bonds. The van der Waals surface area contributed by atoms with Crippen molar-refractivity contribution >= 4 is 11.6 Å². The van der Waals surface area contributed by atoms with Crippen LogP contribution in [0.5, 0.6) is 5.75 Å². The molecule has 2 unspecified atom stereocenters. The van der Waals surface area contributed by atoms with Crippen LogP contribution < -0.4 is 4.74 Å². The van der Waals surface area contributed by atoms with Crippen LogP contribution in [0.1, 0.15) is 45.3 Å². The molecule has 0 aliphatic rings. The zero-order chi connectivity index (χ0) is 13.7. The maximum Gasteiger partial charge on any atom is 0.124 e. The second kappa shape index (κ2) is 7.01. The van der Waals surface area contributed by atoms with Crippen LogP contribution in [0, 0.1) is 11.8 Å². The zero-order valence-electron chi connectivity index (χ0n) is 11.6. The van der Waals surface area contributed by atoms with E-state index in [1.807, 2.05) is 0 Å². The summed E-state index contributed by atoms with van der Waals surface area (Å²) < 4.78 is 5.27. The van der Waals surface area contributed by atoms with Gasteiger partial charge in [0.1, 0.15) is 5.75 Å². The molecular formula is C15H23ClO2. The Morgan fingerprint density at radius 1 is 1.22 bits per heavy atom. The smallest absolute Gasteiger partial charge is 0.124 e. The van der Waals surface area contributed by atoms with Crippen LogP contribution in [0.25, 0.3) is 0 Å². The summed E-state index contributed by atoms with van der Waals surface area (Å²) in [6.45, 7) is 6.56. The van der Waals surface area contributed by atoms with Crippen molar-refractivity contribution in [2.24, 2.45) is 11.8 Å². The van der Waals surface area contributed by atoms with E-state index in [0.717, 1.165) is 18.4 Å². The normalized spacial score (nSPS) is 14.6. The van der Waals surface area contributed by atoms with E-state index in [4.69, 9.17) is 16.3 Å². The number of methoxy groups -OCH3 is 1. The van der Waals surface area contributed by atoms with Crippen molar-refractivity contribution < 1.29 is 9.84 Å². The topological polar surface area (TPSA) is 29.5 Å². The first kappa shape index (κ1) is 15.3. The predicted molar refractivity (Wildman–Crippen MR) is 76.2 cm³/mol. The molecule has 1 aromatic rings. The second-order valence-corrected chi connectivity index (χ2v) is 5.81. The van der Waals surface area contributed by atoms with Gasteiger partial charge >= 0.3 is 0 Å². The minimum absolute atomic E-state index is 0.476. The molecule has 0 radical (unpaired) electrons. The highest BCUT2D eigenvalue weighted by atomic mass is 35.5. The first-order valence-electron chi connectivity index (χ1n) is 6.45. The van der Waals surface area contributed by atoms with Crippen LogP contribution >= 0.6 is 11.6 Å². The molecule has 1 aromatic carbocycles. The van der Waals surface area contributed by atoms with E-state index in [1.54, 1.807) is 25.3 Å². The van der Waals surface area contributed by atoms with E-state index in [2.05, 4.69) is 20.8 Å².